The Labute approximate surface area is 85.0 Å². The van der Waals surface area contributed by atoms with Gasteiger partial charge in [0.1, 0.15) is 12.7 Å². The molecule has 0 aliphatic heterocycles. The summed E-state index contributed by atoms with van der Waals surface area (Å²) in [5, 5.41) is 9.30. The summed E-state index contributed by atoms with van der Waals surface area (Å²) in [7, 11) is 0. The third-order valence-corrected chi connectivity index (χ3v) is 1.38. The zero-order valence-corrected chi connectivity index (χ0v) is 8.95. The average Bonchev–Trinajstić information content (AvgIpc) is 2.10. The number of ether oxygens (including phenoxy) is 1. The predicted molar refractivity (Wildman–Crippen MR) is 55.2 cm³/mol. The molecule has 0 bridgehead atoms. The summed E-state index contributed by atoms with van der Waals surface area (Å²) in [4.78, 5) is 10.9. The van der Waals surface area contributed by atoms with Crippen LogP contribution >= 0.6 is 0 Å². The summed E-state index contributed by atoms with van der Waals surface area (Å²) in [6.07, 6.45) is -0.777. The molecule has 0 aliphatic carbocycles. The van der Waals surface area contributed by atoms with E-state index >= 15 is 0 Å². The van der Waals surface area contributed by atoms with E-state index in [4.69, 9.17) is 9.39 Å². The molecule has 0 saturated heterocycles. The second kappa shape index (κ2) is 6.62. The van der Waals surface area contributed by atoms with E-state index in [2.05, 4.69) is 6.58 Å². The Morgan fingerprint density at radius 2 is 2.07 bits per heavy atom. The van der Waals surface area contributed by atoms with Gasteiger partial charge in [-0.3, -0.25) is 0 Å². The molecule has 0 fully saturated rings. The smallest absolute Gasteiger partial charge is 0.333 e. The van der Waals surface area contributed by atoms with Crippen molar-refractivity contribution in [1.29, 1.82) is 0 Å². The minimum absolute atomic E-state index is 0.0569. The van der Waals surface area contributed by atoms with Crippen molar-refractivity contribution in [2.45, 2.75) is 26.7 Å². The Kier molecular flexibility index (Phi) is 6.24. The van der Waals surface area contributed by atoms with Crippen LogP contribution in [0.3, 0.4) is 0 Å². The number of aliphatic hydroxyl groups is 1. The lowest BCUT2D eigenvalue weighted by molar-refractivity contribution is -0.142. The Balaban J connectivity index is 3.58. The molecule has 0 aromatic carbocycles. The van der Waals surface area contributed by atoms with Crippen LogP contribution in [0, 0.1) is 0 Å². The first-order chi connectivity index (χ1) is 6.43. The van der Waals surface area contributed by atoms with Crippen LogP contribution in [0.2, 0.25) is 13.6 Å². The highest BCUT2D eigenvalue weighted by Crippen LogP contribution is 1.95. The fourth-order valence-corrected chi connectivity index (χ4v) is 0.647. The molecular weight excluding hydrogens is 183 g/mol. The fraction of sp³-hybridized carbons (Fsp3) is 0.667. The number of carbonyl (C=O) groups is 1. The number of esters is 1. The highest BCUT2D eigenvalue weighted by atomic mass is 16.5. The monoisotopic (exact) mass is 200 g/mol. The van der Waals surface area contributed by atoms with Gasteiger partial charge >= 0.3 is 5.97 Å². The molecule has 0 aromatic rings. The number of aliphatic hydroxyl groups excluding tert-OH is 1. The molecule has 0 saturated carbocycles. The molecule has 0 spiro atoms. The van der Waals surface area contributed by atoms with Crippen molar-refractivity contribution in [3.8, 4) is 0 Å². The van der Waals surface area contributed by atoms with Gasteiger partial charge in [-0.25, -0.2) is 4.79 Å². The number of rotatable bonds is 6. The van der Waals surface area contributed by atoms with Crippen LogP contribution in [0.25, 0.3) is 0 Å². The molecule has 5 heteroatoms. The van der Waals surface area contributed by atoms with Crippen LogP contribution in [0.5, 0.6) is 0 Å². The first-order valence-corrected chi connectivity index (χ1v) is 4.55. The van der Waals surface area contributed by atoms with Crippen LogP contribution in [-0.4, -0.2) is 37.3 Å². The topological polar surface area (TPSA) is 55.8 Å². The van der Waals surface area contributed by atoms with Gasteiger partial charge in [-0.1, -0.05) is 20.2 Å². The summed E-state index contributed by atoms with van der Waals surface area (Å²) in [6, 6.07) is 0. The molecule has 0 amide bonds. The van der Waals surface area contributed by atoms with E-state index in [1.807, 2.05) is 13.6 Å². The molecule has 1 N–H and O–H groups in total. The van der Waals surface area contributed by atoms with Crippen molar-refractivity contribution in [1.82, 2.24) is 0 Å². The molecular formula is C9H17BO4. The predicted octanol–water partition coefficient (Wildman–Crippen LogP) is 0.734. The van der Waals surface area contributed by atoms with E-state index in [0.717, 1.165) is 0 Å². The summed E-state index contributed by atoms with van der Waals surface area (Å²) in [6.45, 7) is 8.88. The molecule has 80 valence electrons. The van der Waals surface area contributed by atoms with E-state index < -0.39 is 12.1 Å². The van der Waals surface area contributed by atoms with Gasteiger partial charge in [0.05, 0.1) is 6.61 Å². The third kappa shape index (κ3) is 6.68. The van der Waals surface area contributed by atoms with Crippen LogP contribution in [-0.2, 0) is 14.2 Å². The second-order valence-electron chi connectivity index (χ2n) is 3.41. The molecule has 0 aliphatic rings. The van der Waals surface area contributed by atoms with Crippen LogP contribution in [0.15, 0.2) is 12.2 Å². The van der Waals surface area contributed by atoms with Crippen molar-refractivity contribution in [3.05, 3.63) is 12.2 Å². The zero-order valence-electron chi connectivity index (χ0n) is 8.95. The van der Waals surface area contributed by atoms with Gasteiger partial charge in [-0.05, 0) is 6.92 Å². The van der Waals surface area contributed by atoms with Crippen molar-refractivity contribution in [2.24, 2.45) is 0 Å². The lowest BCUT2D eigenvalue weighted by Crippen LogP contribution is -2.26. The standard InChI is InChI=1S/C9H17BO4/c1-7(2)9(12)13-5-8(11)6-14-10(3)4/h8,11H,1,5-6H2,2-4H3. The minimum Gasteiger partial charge on any atom is -0.460 e. The van der Waals surface area contributed by atoms with Gasteiger partial charge < -0.3 is 14.5 Å². The van der Waals surface area contributed by atoms with Crippen molar-refractivity contribution >= 4 is 12.9 Å². The highest BCUT2D eigenvalue weighted by molar-refractivity contribution is 6.48. The number of hydrogen-bond donors (Lipinski definition) is 1. The lowest BCUT2D eigenvalue weighted by atomic mass is 9.75. The number of carbonyl (C=O) groups excluding carboxylic acids is 1. The van der Waals surface area contributed by atoms with Crippen molar-refractivity contribution in [2.75, 3.05) is 13.2 Å². The molecule has 0 rings (SSSR count). The van der Waals surface area contributed by atoms with Gasteiger partial charge in [0, 0.05) is 5.57 Å². The Hall–Kier alpha value is -0.805. The van der Waals surface area contributed by atoms with Gasteiger partial charge in [0.2, 0.25) is 0 Å². The maximum atomic E-state index is 10.9. The third-order valence-electron chi connectivity index (χ3n) is 1.38. The summed E-state index contributed by atoms with van der Waals surface area (Å²) in [5.74, 6) is -0.492. The zero-order chi connectivity index (χ0) is 11.1. The molecule has 0 heterocycles. The first-order valence-electron chi connectivity index (χ1n) is 4.55. The number of hydrogen-bond acceptors (Lipinski definition) is 4. The maximum absolute atomic E-state index is 10.9. The quantitative estimate of drug-likeness (QED) is 0.390. The molecule has 1 atom stereocenters. The van der Waals surface area contributed by atoms with Crippen molar-refractivity contribution < 1.29 is 19.3 Å². The molecule has 1 unspecified atom stereocenters. The second-order valence-corrected chi connectivity index (χ2v) is 3.41. The van der Waals surface area contributed by atoms with E-state index in [0.29, 0.717) is 5.57 Å². The van der Waals surface area contributed by atoms with E-state index in [1.165, 1.54) is 0 Å². The minimum atomic E-state index is -0.777. The molecule has 0 radical (unpaired) electrons. The van der Waals surface area contributed by atoms with Crippen LogP contribution in [0.1, 0.15) is 6.92 Å². The van der Waals surface area contributed by atoms with Gasteiger partial charge in [-0.15, -0.1) is 0 Å². The Bertz CT molecular complexity index is 203. The fourth-order valence-electron chi connectivity index (χ4n) is 0.647. The van der Waals surface area contributed by atoms with E-state index in [9.17, 15) is 9.90 Å². The first kappa shape index (κ1) is 13.2. The Morgan fingerprint density at radius 3 is 2.50 bits per heavy atom. The molecule has 4 nitrogen and oxygen atoms in total. The summed E-state index contributed by atoms with van der Waals surface area (Å²) in [5.41, 5.74) is 0.321. The normalized spacial score (nSPS) is 12.0. The van der Waals surface area contributed by atoms with E-state index in [-0.39, 0.29) is 20.1 Å². The maximum Gasteiger partial charge on any atom is 0.333 e. The molecule has 0 aromatic heterocycles. The largest absolute Gasteiger partial charge is 0.460 e. The molecule has 14 heavy (non-hydrogen) atoms. The summed E-state index contributed by atoms with van der Waals surface area (Å²) >= 11 is 0. The van der Waals surface area contributed by atoms with Gasteiger partial charge in [-0.2, -0.15) is 0 Å². The summed E-state index contributed by atoms with van der Waals surface area (Å²) < 4.78 is 9.86. The van der Waals surface area contributed by atoms with Crippen molar-refractivity contribution in [3.63, 3.8) is 0 Å². The van der Waals surface area contributed by atoms with Crippen LogP contribution < -0.4 is 0 Å². The Morgan fingerprint density at radius 1 is 1.50 bits per heavy atom. The van der Waals surface area contributed by atoms with Crippen LogP contribution in [0.4, 0.5) is 0 Å². The van der Waals surface area contributed by atoms with Gasteiger partial charge in [0.15, 0.2) is 0 Å². The average molecular weight is 200 g/mol. The van der Waals surface area contributed by atoms with Gasteiger partial charge in [0.25, 0.3) is 6.92 Å². The SMILES string of the molecule is C=C(C)C(=O)OCC(O)COB(C)C. The highest BCUT2D eigenvalue weighted by Gasteiger charge is 2.10. The van der Waals surface area contributed by atoms with E-state index in [1.54, 1.807) is 6.92 Å². The lowest BCUT2D eigenvalue weighted by Gasteiger charge is -2.12.